The zero-order valence-electron chi connectivity index (χ0n) is 18.7. The number of carbonyl (C=O) groups excluding carboxylic acids is 1. The van der Waals surface area contributed by atoms with Crippen molar-refractivity contribution in [3.63, 3.8) is 0 Å². The Morgan fingerprint density at radius 3 is 2.48 bits per heavy atom. The first-order valence-corrected chi connectivity index (χ1v) is 10.6. The Labute approximate surface area is 200 Å². The van der Waals surface area contributed by atoms with Crippen molar-refractivity contribution in [2.45, 2.75) is 70.6 Å². The highest BCUT2D eigenvalue weighted by molar-refractivity contribution is 14.0. The van der Waals surface area contributed by atoms with Crippen molar-refractivity contribution in [3.05, 3.63) is 30.2 Å². The number of amides is 1. The van der Waals surface area contributed by atoms with Crippen molar-refractivity contribution in [1.82, 2.24) is 30.5 Å². The number of nitrogens with zero attached hydrogens (tertiary/aromatic N) is 4. The molecule has 1 aliphatic rings. The number of hydrogen-bond acceptors (Lipinski definition) is 5. The van der Waals surface area contributed by atoms with E-state index >= 15 is 0 Å². The van der Waals surface area contributed by atoms with E-state index in [2.05, 4.69) is 31.1 Å². The summed E-state index contributed by atoms with van der Waals surface area (Å²) in [5.41, 5.74) is 0.381. The summed E-state index contributed by atoms with van der Waals surface area (Å²) in [7, 11) is 1.78. The van der Waals surface area contributed by atoms with Gasteiger partial charge in [0.2, 0.25) is 0 Å². The molecule has 2 heterocycles. The average molecular weight is 543 g/mol. The zero-order chi connectivity index (χ0) is 21.6. The van der Waals surface area contributed by atoms with Crippen LogP contribution in [-0.4, -0.2) is 57.9 Å². The van der Waals surface area contributed by atoms with Gasteiger partial charge in [0.05, 0.1) is 0 Å². The summed E-state index contributed by atoms with van der Waals surface area (Å²) in [5, 5.41) is 18.3. The molecule has 31 heavy (non-hydrogen) atoms. The zero-order valence-corrected chi connectivity index (χ0v) is 21.1. The minimum absolute atomic E-state index is 0. The monoisotopic (exact) mass is 543 g/mol. The van der Waals surface area contributed by atoms with Gasteiger partial charge in [-0.3, -0.25) is 9.39 Å². The van der Waals surface area contributed by atoms with Crippen LogP contribution in [0, 0.1) is 0 Å². The number of fused-ring (bicyclic) bond motifs is 1. The Morgan fingerprint density at radius 2 is 1.84 bits per heavy atom. The normalized spacial score (nSPS) is 19.4. The van der Waals surface area contributed by atoms with Crippen LogP contribution in [0.15, 0.2) is 29.4 Å². The van der Waals surface area contributed by atoms with Crippen LogP contribution in [0.5, 0.6) is 0 Å². The molecule has 2 aromatic rings. The molecule has 0 aliphatic heterocycles. The highest BCUT2D eigenvalue weighted by Crippen LogP contribution is 2.19. The number of halogens is 1. The molecule has 1 fully saturated rings. The van der Waals surface area contributed by atoms with Gasteiger partial charge in [-0.2, -0.15) is 0 Å². The number of pyridine rings is 1. The molecule has 172 valence electrons. The van der Waals surface area contributed by atoms with E-state index in [1.165, 1.54) is 0 Å². The Balaban J connectivity index is 0.00000341. The van der Waals surface area contributed by atoms with Crippen LogP contribution >= 0.6 is 24.0 Å². The van der Waals surface area contributed by atoms with Crippen LogP contribution in [0.2, 0.25) is 0 Å². The standard InChI is InChI=1S/C21H33N7O2.HI/c1-21(2,3)30-20(29)25-16-10-8-15(9-11-16)24-19(22-4)23-13-12-18-27-26-17-7-5-6-14-28(17)18;/h5-7,14-16H,8-13H2,1-4H3,(H,25,29)(H2,22,23,24);1H. The summed E-state index contributed by atoms with van der Waals surface area (Å²) in [6.45, 7) is 6.33. The van der Waals surface area contributed by atoms with Gasteiger partial charge in [-0.15, -0.1) is 34.2 Å². The summed E-state index contributed by atoms with van der Waals surface area (Å²) in [4.78, 5) is 16.3. The largest absolute Gasteiger partial charge is 0.444 e. The van der Waals surface area contributed by atoms with Gasteiger partial charge in [-0.25, -0.2) is 4.79 Å². The molecule has 1 aliphatic carbocycles. The smallest absolute Gasteiger partial charge is 0.407 e. The summed E-state index contributed by atoms with van der Waals surface area (Å²) >= 11 is 0. The maximum Gasteiger partial charge on any atom is 0.407 e. The third kappa shape index (κ3) is 7.82. The topological polar surface area (TPSA) is 105 Å². The van der Waals surface area contributed by atoms with Crippen molar-refractivity contribution >= 4 is 41.7 Å². The summed E-state index contributed by atoms with van der Waals surface area (Å²) in [6.07, 6.45) is 6.16. The van der Waals surface area contributed by atoms with Crippen LogP contribution in [0.4, 0.5) is 4.79 Å². The van der Waals surface area contributed by atoms with Gasteiger partial charge in [-0.1, -0.05) is 6.07 Å². The molecule has 0 aromatic carbocycles. The van der Waals surface area contributed by atoms with Crippen LogP contribution in [0.3, 0.4) is 0 Å². The molecule has 9 nitrogen and oxygen atoms in total. The maximum absolute atomic E-state index is 11.9. The number of alkyl carbamates (subject to hydrolysis) is 1. The molecule has 0 atom stereocenters. The van der Waals surface area contributed by atoms with Crippen LogP contribution in [0.25, 0.3) is 5.65 Å². The van der Waals surface area contributed by atoms with E-state index in [4.69, 9.17) is 4.74 Å². The number of aromatic nitrogens is 3. The molecule has 0 bridgehead atoms. The number of aliphatic imine (C=N–C) groups is 1. The average Bonchev–Trinajstić information content (AvgIpc) is 3.10. The number of ether oxygens (including phenoxy) is 1. The fourth-order valence-corrected chi connectivity index (χ4v) is 3.60. The van der Waals surface area contributed by atoms with Crippen LogP contribution in [0.1, 0.15) is 52.3 Å². The van der Waals surface area contributed by atoms with Crippen LogP contribution in [-0.2, 0) is 11.2 Å². The first kappa shape index (κ1) is 25.2. The molecular weight excluding hydrogens is 509 g/mol. The molecule has 0 unspecified atom stereocenters. The third-order valence-electron chi connectivity index (χ3n) is 5.04. The molecule has 0 radical (unpaired) electrons. The van der Waals surface area contributed by atoms with E-state index in [1.807, 2.05) is 49.6 Å². The fraction of sp³-hybridized carbons (Fsp3) is 0.619. The van der Waals surface area contributed by atoms with Crippen molar-refractivity contribution < 1.29 is 9.53 Å². The van der Waals surface area contributed by atoms with E-state index in [-0.39, 0.29) is 36.1 Å². The predicted molar refractivity (Wildman–Crippen MR) is 132 cm³/mol. The second kappa shape index (κ2) is 11.5. The lowest BCUT2D eigenvalue weighted by atomic mass is 9.91. The maximum atomic E-state index is 11.9. The summed E-state index contributed by atoms with van der Waals surface area (Å²) in [5.74, 6) is 1.70. The number of guanidine groups is 1. The molecule has 3 rings (SSSR count). The minimum atomic E-state index is -0.472. The van der Waals surface area contributed by atoms with Crippen molar-refractivity contribution in [3.8, 4) is 0 Å². The van der Waals surface area contributed by atoms with E-state index in [0.29, 0.717) is 12.6 Å². The van der Waals surface area contributed by atoms with Crippen molar-refractivity contribution in [1.29, 1.82) is 0 Å². The molecule has 0 saturated heterocycles. The minimum Gasteiger partial charge on any atom is -0.444 e. The fourth-order valence-electron chi connectivity index (χ4n) is 3.60. The third-order valence-corrected chi connectivity index (χ3v) is 5.04. The van der Waals surface area contributed by atoms with Gasteiger partial charge in [0.25, 0.3) is 0 Å². The lowest BCUT2D eigenvalue weighted by Crippen LogP contribution is -2.48. The molecule has 0 spiro atoms. The first-order chi connectivity index (χ1) is 14.3. The molecular formula is C21H34IN7O2. The first-order valence-electron chi connectivity index (χ1n) is 10.6. The Morgan fingerprint density at radius 1 is 1.16 bits per heavy atom. The highest BCUT2D eigenvalue weighted by atomic mass is 127. The van der Waals surface area contributed by atoms with Crippen LogP contribution < -0.4 is 16.0 Å². The van der Waals surface area contributed by atoms with Gasteiger partial charge in [0, 0.05) is 38.3 Å². The molecule has 1 saturated carbocycles. The Bertz CT molecular complexity index is 870. The summed E-state index contributed by atoms with van der Waals surface area (Å²) in [6, 6.07) is 6.37. The number of carbonyl (C=O) groups is 1. The molecule has 3 N–H and O–H groups in total. The second-order valence-corrected chi connectivity index (χ2v) is 8.63. The number of hydrogen-bond donors (Lipinski definition) is 3. The second-order valence-electron chi connectivity index (χ2n) is 8.63. The SMILES string of the molecule is CN=C(NCCc1nnc2ccccn12)NC1CCC(NC(=O)OC(C)(C)C)CC1.I. The van der Waals surface area contributed by atoms with Gasteiger partial charge >= 0.3 is 6.09 Å². The van der Waals surface area contributed by atoms with E-state index in [0.717, 1.165) is 49.5 Å². The highest BCUT2D eigenvalue weighted by Gasteiger charge is 2.25. The quantitative estimate of drug-likeness (QED) is 0.305. The summed E-state index contributed by atoms with van der Waals surface area (Å²) < 4.78 is 7.34. The van der Waals surface area contributed by atoms with E-state index in [1.54, 1.807) is 7.05 Å². The number of nitrogens with one attached hydrogen (secondary N) is 3. The number of rotatable bonds is 5. The van der Waals surface area contributed by atoms with E-state index in [9.17, 15) is 4.79 Å². The van der Waals surface area contributed by atoms with Gasteiger partial charge < -0.3 is 20.7 Å². The van der Waals surface area contributed by atoms with E-state index < -0.39 is 5.60 Å². The van der Waals surface area contributed by atoms with Crippen molar-refractivity contribution in [2.24, 2.45) is 4.99 Å². The van der Waals surface area contributed by atoms with Gasteiger partial charge in [0.15, 0.2) is 11.6 Å². The lowest BCUT2D eigenvalue weighted by Gasteiger charge is -2.31. The van der Waals surface area contributed by atoms with Gasteiger partial charge in [0.1, 0.15) is 11.4 Å². The molecule has 1 amide bonds. The lowest BCUT2D eigenvalue weighted by molar-refractivity contribution is 0.0490. The Hall–Kier alpha value is -2.11. The van der Waals surface area contributed by atoms with Crippen molar-refractivity contribution in [2.75, 3.05) is 13.6 Å². The Kier molecular flexibility index (Phi) is 9.32. The van der Waals surface area contributed by atoms with Gasteiger partial charge in [-0.05, 0) is 58.6 Å². The molecule has 2 aromatic heterocycles. The molecule has 10 heteroatoms. The predicted octanol–water partition coefficient (Wildman–Crippen LogP) is 2.89.